The average molecular weight is 377 g/mol. The van der Waals surface area contributed by atoms with E-state index in [9.17, 15) is 4.79 Å². The Morgan fingerprint density at radius 2 is 2.40 bits per heavy atom. The van der Waals surface area contributed by atoms with E-state index in [2.05, 4.69) is 26.9 Å². The quantitative estimate of drug-likeness (QED) is 0.839. The van der Waals surface area contributed by atoms with Crippen molar-refractivity contribution in [1.82, 2.24) is 14.7 Å². The Balaban J connectivity index is 1.47. The number of aromatic nitrogens is 2. The van der Waals surface area contributed by atoms with Crippen molar-refractivity contribution in [1.29, 1.82) is 0 Å². The zero-order valence-electron chi connectivity index (χ0n) is 14.5. The second-order valence-electron chi connectivity index (χ2n) is 7.11. The summed E-state index contributed by atoms with van der Waals surface area (Å²) in [4.78, 5) is 19.7. The van der Waals surface area contributed by atoms with Crippen LogP contribution < -0.4 is 10.2 Å². The van der Waals surface area contributed by atoms with E-state index < -0.39 is 0 Å². The summed E-state index contributed by atoms with van der Waals surface area (Å²) >= 11 is 3.15. The first-order valence-electron chi connectivity index (χ1n) is 9.11. The molecule has 1 amide bonds. The number of thiophene rings is 1. The fraction of sp³-hybridized carbons (Fsp3) is 0.611. The van der Waals surface area contributed by atoms with Gasteiger partial charge in [0.2, 0.25) is 11.0 Å². The van der Waals surface area contributed by atoms with Crippen LogP contribution in [0.5, 0.6) is 0 Å². The molecule has 134 valence electrons. The number of aryl methyl sites for hydroxylation is 1. The summed E-state index contributed by atoms with van der Waals surface area (Å²) in [6, 6.07) is 2.40. The van der Waals surface area contributed by atoms with Crippen molar-refractivity contribution in [2.24, 2.45) is 0 Å². The molecule has 2 unspecified atom stereocenters. The molecule has 2 aromatic heterocycles. The Labute approximate surface area is 156 Å². The summed E-state index contributed by atoms with van der Waals surface area (Å²) in [5, 5.41) is 8.52. The first kappa shape index (κ1) is 17.0. The standard InChI is InChI=1S/C18H24N4OS2/c1-2-4-15-19-17(25-21-15)22-9-8-18(7-3-5-14(18)22)20-16(23)11-13-6-10-24-12-13/h6,10,12,14H,2-5,7-9,11H2,1H3,(H,20,23). The van der Waals surface area contributed by atoms with Crippen LogP contribution in [0.3, 0.4) is 0 Å². The zero-order valence-corrected chi connectivity index (χ0v) is 16.2. The van der Waals surface area contributed by atoms with E-state index in [0.717, 1.165) is 55.2 Å². The summed E-state index contributed by atoms with van der Waals surface area (Å²) in [5.74, 6) is 1.11. The number of rotatable bonds is 6. The molecule has 4 rings (SSSR count). The van der Waals surface area contributed by atoms with Crippen LogP contribution in [0.25, 0.3) is 0 Å². The van der Waals surface area contributed by atoms with E-state index in [0.29, 0.717) is 12.5 Å². The van der Waals surface area contributed by atoms with Gasteiger partial charge in [-0.2, -0.15) is 15.7 Å². The molecule has 3 heterocycles. The molecule has 7 heteroatoms. The minimum absolute atomic E-state index is 0.0797. The summed E-state index contributed by atoms with van der Waals surface area (Å²) < 4.78 is 4.50. The molecular formula is C18H24N4OS2. The molecule has 2 aliphatic rings. The van der Waals surface area contributed by atoms with E-state index in [1.807, 2.05) is 11.4 Å². The molecule has 1 aliphatic carbocycles. The lowest BCUT2D eigenvalue weighted by Gasteiger charge is -2.33. The highest BCUT2D eigenvalue weighted by molar-refractivity contribution is 7.09. The summed E-state index contributed by atoms with van der Waals surface area (Å²) in [6.07, 6.45) is 6.87. The summed E-state index contributed by atoms with van der Waals surface area (Å²) in [6.45, 7) is 3.12. The van der Waals surface area contributed by atoms with Gasteiger partial charge in [-0.05, 0) is 54.5 Å². The lowest BCUT2D eigenvalue weighted by atomic mass is 9.92. The lowest BCUT2D eigenvalue weighted by Crippen LogP contribution is -2.54. The van der Waals surface area contributed by atoms with E-state index in [4.69, 9.17) is 4.98 Å². The fourth-order valence-corrected chi connectivity index (χ4v) is 5.76. The Hall–Kier alpha value is -1.47. The first-order chi connectivity index (χ1) is 12.2. The van der Waals surface area contributed by atoms with Crippen molar-refractivity contribution >= 4 is 33.9 Å². The van der Waals surface area contributed by atoms with Gasteiger partial charge in [0.25, 0.3) is 0 Å². The van der Waals surface area contributed by atoms with Crippen molar-refractivity contribution in [3.05, 3.63) is 28.2 Å². The summed E-state index contributed by atoms with van der Waals surface area (Å²) in [7, 11) is 0. The SMILES string of the molecule is CCCc1nsc(N2CCC3(NC(=O)Cc4ccsc4)CCCC23)n1. The number of nitrogens with zero attached hydrogens (tertiary/aromatic N) is 3. The largest absolute Gasteiger partial charge is 0.348 e. The Bertz CT molecular complexity index is 729. The molecule has 2 atom stereocenters. The Morgan fingerprint density at radius 1 is 1.48 bits per heavy atom. The van der Waals surface area contributed by atoms with Crippen LogP contribution in [-0.4, -0.2) is 33.4 Å². The highest BCUT2D eigenvalue weighted by atomic mass is 32.1. The maximum atomic E-state index is 12.6. The van der Waals surface area contributed by atoms with E-state index in [-0.39, 0.29) is 11.4 Å². The normalized spacial score (nSPS) is 25.3. The molecule has 25 heavy (non-hydrogen) atoms. The minimum atomic E-state index is -0.0797. The lowest BCUT2D eigenvalue weighted by molar-refractivity contribution is -0.122. The van der Waals surface area contributed by atoms with Crippen molar-refractivity contribution in [2.45, 2.75) is 63.5 Å². The fourth-order valence-electron chi connectivity index (χ4n) is 4.30. The van der Waals surface area contributed by atoms with E-state index in [1.165, 1.54) is 18.0 Å². The number of amides is 1. The number of fused-ring (bicyclic) bond motifs is 1. The van der Waals surface area contributed by atoms with Gasteiger partial charge in [-0.25, -0.2) is 4.98 Å². The zero-order chi connectivity index (χ0) is 17.3. The topological polar surface area (TPSA) is 58.1 Å². The van der Waals surface area contributed by atoms with Crippen LogP contribution in [0.2, 0.25) is 0 Å². The number of nitrogens with one attached hydrogen (secondary N) is 1. The van der Waals surface area contributed by atoms with Crippen molar-refractivity contribution in [3.63, 3.8) is 0 Å². The van der Waals surface area contributed by atoms with Crippen molar-refractivity contribution < 1.29 is 4.79 Å². The minimum Gasteiger partial charge on any atom is -0.348 e. The Morgan fingerprint density at radius 3 is 3.20 bits per heavy atom. The van der Waals surface area contributed by atoms with Gasteiger partial charge in [0.05, 0.1) is 18.0 Å². The van der Waals surface area contributed by atoms with E-state index in [1.54, 1.807) is 11.3 Å². The van der Waals surface area contributed by atoms with Gasteiger partial charge in [-0.15, -0.1) is 0 Å². The third-order valence-corrected chi connectivity index (χ3v) is 6.95. The molecule has 5 nitrogen and oxygen atoms in total. The third kappa shape index (κ3) is 3.31. The van der Waals surface area contributed by atoms with Crippen LogP contribution in [-0.2, 0) is 17.6 Å². The molecule has 0 bridgehead atoms. The number of anilines is 1. The average Bonchev–Trinajstić information content (AvgIpc) is 3.32. The molecular weight excluding hydrogens is 352 g/mol. The number of carbonyl (C=O) groups excluding carboxylic acids is 1. The maximum Gasteiger partial charge on any atom is 0.224 e. The monoisotopic (exact) mass is 376 g/mol. The molecule has 1 aliphatic heterocycles. The van der Waals surface area contributed by atoms with Crippen molar-refractivity contribution in [2.75, 3.05) is 11.4 Å². The molecule has 2 fully saturated rings. The van der Waals surface area contributed by atoms with Crippen LogP contribution in [0.1, 0.15) is 50.4 Å². The molecule has 1 saturated carbocycles. The summed E-state index contributed by atoms with van der Waals surface area (Å²) in [5.41, 5.74) is 1.03. The van der Waals surface area contributed by atoms with Gasteiger partial charge < -0.3 is 10.2 Å². The first-order valence-corrected chi connectivity index (χ1v) is 10.8. The van der Waals surface area contributed by atoms with E-state index >= 15 is 0 Å². The number of hydrogen-bond donors (Lipinski definition) is 1. The van der Waals surface area contributed by atoms with Crippen LogP contribution >= 0.6 is 22.9 Å². The maximum absolute atomic E-state index is 12.6. The van der Waals surface area contributed by atoms with Gasteiger partial charge in [0.1, 0.15) is 5.82 Å². The second-order valence-corrected chi connectivity index (χ2v) is 8.62. The van der Waals surface area contributed by atoms with Crippen molar-refractivity contribution in [3.8, 4) is 0 Å². The van der Waals surface area contributed by atoms with Crippen LogP contribution in [0.15, 0.2) is 16.8 Å². The van der Waals surface area contributed by atoms with Gasteiger partial charge in [-0.1, -0.05) is 6.92 Å². The third-order valence-electron chi connectivity index (χ3n) is 5.42. The molecule has 1 saturated heterocycles. The predicted octanol–water partition coefficient (Wildman–Crippen LogP) is 3.41. The highest BCUT2D eigenvalue weighted by Gasteiger charge is 2.52. The number of hydrogen-bond acceptors (Lipinski definition) is 6. The molecule has 1 N–H and O–H groups in total. The predicted molar refractivity (Wildman–Crippen MR) is 102 cm³/mol. The number of carbonyl (C=O) groups is 1. The van der Waals surface area contributed by atoms with Gasteiger partial charge in [0, 0.05) is 24.5 Å². The smallest absolute Gasteiger partial charge is 0.224 e. The molecule has 0 radical (unpaired) electrons. The van der Waals surface area contributed by atoms with Gasteiger partial charge in [-0.3, -0.25) is 4.79 Å². The Kier molecular flexibility index (Phi) is 4.78. The van der Waals surface area contributed by atoms with Gasteiger partial charge >= 0.3 is 0 Å². The highest BCUT2D eigenvalue weighted by Crippen LogP contribution is 2.44. The molecule has 0 spiro atoms. The van der Waals surface area contributed by atoms with Crippen LogP contribution in [0.4, 0.5) is 5.13 Å². The van der Waals surface area contributed by atoms with Crippen LogP contribution in [0, 0.1) is 0 Å². The second kappa shape index (κ2) is 7.03. The molecule has 0 aromatic carbocycles. The van der Waals surface area contributed by atoms with Gasteiger partial charge in [0.15, 0.2) is 0 Å². The molecule has 2 aromatic rings.